The zero-order chi connectivity index (χ0) is 13.6. The van der Waals surface area contributed by atoms with Crippen LogP contribution in [0.2, 0.25) is 10.0 Å². The van der Waals surface area contributed by atoms with Crippen molar-refractivity contribution in [3.05, 3.63) is 63.6 Å². The summed E-state index contributed by atoms with van der Waals surface area (Å²) in [5.41, 5.74) is 2.66. The van der Waals surface area contributed by atoms with Crippen LogP contribution in [-0.4, -0.2) is 9.98 Å². The van der Waals surface area contributed by atoms with Gasteiger partial charge in [0.25, 0.3) is 0 Å². The molecular weight excluding hydrogens is 317 g/mol. The van der Waals surface area contributed by atoms with Crippen molar-refractivity contribution in [2.24, 2.45) is 0 Å². The van der Waals surface area contributed by atoms with Gasteiger partial charge in [-0.3, -0.25) is 4.90 Å². The molecule has 0 aromatic heterocycles. The summed E-state index contributed by atoms with van der Waals surface area (Å²) in [6.45, 7) is 0. The van der Waals surface area contributed by atoms with Gasteiger partial charge in [0.1, 0.15) is 9.98 Å². The van der Waals surface area contributed by atoms with E-state index in [2.05, 4.69) is 0 Å². The van der Waals surface area contributed by atoms with Crippen LogP contribution >= 0.6 is 47.6 Å². The number of fused-ring (bicyclic) bond motifs is 1. The van der Waals surface area contributed by atoms with Gasteiger partial charge in [0.05, 0.1) is 10.0 Å². The molecule has 0 radical (unpaired) electrons. The van der Waals surface area contributed by atoms with Crippen LogP contribution in [0.1, 0.15) is 11.1 Å². The fraction of sp³-hybridized carbons (Fsp3) is 0. The molecule has 0 amide bonds. The van der Waals surface area contributed by atoms with Crippen LogP contribution in [0.25, 0.3) is 0 Å². The fourth-order valence-electron chi connectivity index (χ4n) is 2.05. The number of para-hydroxylation sites is 1. The topological polar surface area (TPSA) is 3.24 Å². The van der Waals surface area contributed by atoms with E-state index in [0.29, 0.717) is 20.0 Å². The number of nitrogens with zero attached hydrogens (tertiary/aromatic N) is 1. The van der Waals surface area contributed by atoms with Gasteiger partial charge in [-0.25, -0.2) is 0 Å². The molecule has 2 aromatic carbocycles. The summed E-state index contributed by atoms with van der Waals surface area (Å²) in [6, 6.07) is 13.3. The Bertz CT molecular complexity index is 657. The monoisotopic (exact) mass is 323 g/mol. The maximum atomic E-state index is 6.05. The summed E-state index contributed by atoms with van der Waals surface area (Å²) in [5.74, 6) is 0. The predicted octanol–water partition coefficient (Wildman–Crippen LogP) is 4.86. The molecule has 0 aliphatic carbocycles. The highest BCUT2D eigenvalue weighted by molar-refractivity contribution is 7.83. The van der Waals surface area contributed by atoms with Gasteiger partial charge in [0.2, 0.25) is 0 Å². The lowest BCUT2D eigenvalue weighted by Gasteiger charge is -2.17. The standard InChI is InChI=1S/C14H7Cl2NS2/c15-11-6-9-10(7-12(11)16)14(19)17(13(9)18)8-4-2-1-3-5-8/h1-7H. The van der Waals surface area contributed by atoms with Gasteiger partial charge in [-0.15, -0.1) is 0 Å². The first-order valence-electron chi connectivity index (χ1n) is 5.52. The van der Waals surface area contributed by atoms with Crippen LogP contribution in [0.5, 0.6) is 0 Å². The molecule has 94 valence electrons. The van der Waals surface area contributed by atoms with E-state index >= 15 is 0 Å². The fourth-order valence-corrected chi connectivity index (χ4v) is 3.16. The minimum absolute atomic E-state index is 0.487. The summed E-state index contributed by atoms with van der Waals surface area (Å²) in [6.07, 6.45) is 0. The van der Waals surface area contributed by atoms with Crippen molar-refractivity contribution in [1.82, 2.24) is 0 Å². The molecule has 2 aromatic rings. The number of benzene rings is 2. The third-order valence-electron chi connectivity index (χ3n) is 2.94. The maximum absolute atomic E-state index is 6.05. The molecule has 0 bridgehead atoms. The molecule has 0 fully saturated rings. The van der Waals surface area contributed by atoms with Crippen molar-refractivity contribution >= 4 is 63.3 Å². The van der Waals surface area contributed by atoms with Gasteiger partial charge in [0.15, 0.2) is 0 Å². The van der Waals surface area contributed by atoms with E-state index in [9.17, 15) is 0 Å². The number of thiocarbonyl (C=S) groups is 2. The maximum Gasteiger partial charge on any atom is 0.119 e. The lowest BCUT2D eigenvalue weighted by Crippen LogP contribution is -2.27. The Kier molecular flexibility index (Phi) is 3.31. The van der Waals surface area contributed by atoms with Crippen LogP contribution in [0, 0.1) is 0 Å². The Morgan fingerprint density at radius 1 is 0.789 bits per heavy atom. The van der Waals surface area contributed by atoms with E-state index in [1.165, 1.54) is 0 Å². The van der Waals surface area contributed by atoms with Gasteiger partial charge >= 0.3 is 0 Å². The Balaban J connectivity index is 2.15. The summed E-state index contributed by atoms with van der Waals surface area (Å²) in [4.78, 5) is 3.18. The quantitative estimate of drug-likeness (QED) is 0.689. The van der Waals surface area contributed by atoms with E-state index < -0.39 is 0 Å². The van der Waals surface area contributed by atoms with Gasteiger partial charge < -0.3 is 0 Å². The van der Waals surface area contributed by atoms with E-state index in [1.807, 2.05) is 35.2 Å². The van der Waals surface area contributed by atoms with Gasteiger partial charge in [-0.1, -0.05) is 65.8 Å². The smallest absolute Gasteiger partial charge is 0.119 e. The first kappa shape index (κ1) is 13.0. The second-order valence-corrected chi connectivity index (χ2v) is 5.68. The molecule has 19 heavy (non-hydrogen) atoms. The highest BCUT2D eigenvalue weighted by Crippen LogP contribution is 2.34. The van der Waals surface area contributed by atoms with Crippen molar-refractivity contribution in [2.45, 2.75) is 0 Å². The first-order chi connectivity index (χ1) is 9.09. The van der Waals surface area contributed by atoms with E-state index in [0.717, 1.165) is 16.8 Å². The minimum atomic E-state index is 0.487. The van der Waals surface area contributed by atoms with Crippen molar-refractivity contribution in [3.8, 4) is 0 Å². The molecule has 0 atom stereocenters. The molecule has 1 aliphatic rings. The highest BCUT2D eigenvalue weighted by atomic mass is 35.5. The largest absolute Gasteiger partial charge is 0.291 e. The Labute approximate surface area is 131 Å². The van der Waals surface area contributed by atoms with Crippen molar-refractivity contribution in [2.75, 3.05) is 4.90 Å². The Hall–Kier alpha value is -1.00. The van der Waals surface area contributed by atoms with Gasteiger partial charge in [-0.2, -0.15) is 0 Å². The number of halogens is 2. The molecule has 1 heterocycles. The SMILES string of the molecule is S=C1c2cc(Cl)c(Cl)cc2C(=S)N1c1ccccc1. The minimum Gasteiger partial charge on any atom is -0.291 e. The summed E-state index contributed by atoms with van der Waals surface area (Å²) in [7, 11) is 0. The lowest BCUT2D eigenvalue weighted by atomic mass is 10.1. The average Bonchev–Trinajstić information content (AvgIpc) is 2.64. The molecular formula is C14H7Cl2NS2. The number of rotatable bonds is 1. The van der Waals surface area contributed by atoms with Crippen LogP contribution in [-0.2, 0) is 0 Å². The normalized spacial score (nSPS) is 13.9. The van der Waals surface area contributed by atoms with Crippen LogP contribution < -0.4 is 4.90 Å². The first-order valence-corrected chi connectivity index (χ1v) is 7.09. The van der Waals surface area contributed by atoms with Crippen molar-refractivity contribution in [3.63, 3.8) is 0 Å². The van der Waals surface area contributed by atoms with Gasteiger partial charge in [0, 0.05) is 16.8 Å². The van der Waals surface area contributed by atoms with Gasteiger partial charge in [-0.05, 0) is 24.3 Å². The predicted molar refractivity (Wildman–Crippen MR) is 88.8 cm³/mol. The van der Waals surface area contributed by atoms with Crippen molar-refractivity contribution in [1.29, 1.82) is 0 Å². The summed E-state index contributed by atoms with van der Waals surface area (Å²) < 4.78 is 0. The molecule has 1 aliphatic heterocycles. The molecule has 5 heteroatoms. The molecule has 3 rings (SSSR count). The van der Waals surface area contributed by atoms with Crippen LogP contribution in [0.4, 0.5) is 5.69 Å². The van der Waals surface area contributed by atoms with E-state index in [4.69, 9.17) is 47.6 Å². The summed E-state index contributed by atoms with van der Waals surface area (Å²) in [5, 5.41) is 0.973. The zero-order valence-corrected chi connectivity index (χ0v) is 12.7. The molecule has 0 unspecified atom stereocenters. The molecule has 0 N–H and O–H groups in total. The third-order valence-corrected chi connectivity index (χ3v) is 4.47. The molecule has 0 spiro atoms. The zero-order valence-electron chi connectivity index (χ0n) is 9.56. The highest BCUT2D eigenvalue weighted by Gasteiger charge is 2.31. The van der Waals surface area contributed by atoms with Crippen molar-refractivity contribution < 1.29 is 0 Å². The molecule has 0 saturated heterocycles. The lowest BCUT2D eigenvalue weighted by molar-refractivity contribution is 1.50. The van der Waals surface area contributed by atoms with Crippen LogP contribution in [0.15, 0.2) is 42.5 Å². The molecule has 0 saturated carbocycles. The van der Waals surface area contributed by atoms with E-state index in [-0.39, 0.29) is 0 Å². The van der Waals surface area contributed by atoms with E-state index in [1.54, 1.807) is 12.1 Å². The Morgan fingerprint density at radius 2 is 1.26 bits per heavy atom. The second kappa shape index (κ2) is 4.84. The average molecular weight is 324 g/mol. The Morgan fingerprint density at radius 3 is 1.74 bits per heavy atom. The number of hydrogen-bond acceptors (Lipinski definition) is 2. The summed E-state index contributed by atoms with van der Waals surface area (Å²) >= 11 is 23.1. The van der Waals surface area contributed by atoms with Crippen LogP contribution in [0.3, 0.4) is 0 Å². The third kappa shape index (κ3) is 2.07. The second-order valence-electron chi connectivity index (χ2n) is 4.09. The molecule has 1 nitrogen and oxygen atoms in total. The number of hydrogen-bond donors (Lipinski definition) is 0. The number of anilines is 1.